The number of hydrogen-bond donors (Lipinski definition) is 1. The molecule has 0 amide bonds. The summed E-state index contributed by atoms with van der Waals surface area (Å²) in [5.41, 5.74) is 0. The SMILES string of the molecule is CCc1nc(NCCC(C)C)cc(OC)n1. The molecule has 0 bridgehead atoms. The van der Waals surface area contributed by atoms with Crippen LogP contribution in [0.1, 0.15) is 33.0 Å². The van der Waals surface area contributed by atoms with Crippen molar-refractivity contribution < 1.29 is 4.74 Å². The quantitative estimate of drug-likeness (QED) is 0.805. The molecule has 0 saturated carbocycles. The van der Waals surface area contributed by atoms with E-state index in [1.54, 1.807) is 7.11 Å². The van der Waals surface area contributed by atoms with Crippen LogP contribution in [0, 0.1) is 5.92 Å². The molecule has 0 aliphatic heterocycles. The maximum Gasteiger partial charge on any atom is 0.218 e. The molecule has 0 atom stereocenters. The monoisotopic (exact) mass is 223 g/mol. The number of nitrogens with zero attached hydrogens (tertiary/aromatic N) is 2. The van der Waals surface area contributed by atoms with Crippen LogP contribution in [0.2, 0.25) is 0 Å². The Morgan fingerprint density at radius 3 is 2.69 bits per heavy atom. The van der Waals surface area contributed by atoms with Gasteiger partial charge in [-0.2, -0.15) is 4.98 Å². The fourth-order valence-electron chi connectivity index (χ4n) is 1.31. The minimum absolute atomic E-state index is 0.624. The predicted octanol–water partition coefficient (Wildman–Crippen LogP) is 2.51. The molecule has 0 fully saturated rings. The van der Waals surface area contributed by atoms with E-state index in [0.29, 0.717) is 11.8 Å². The fraction of sp³-hybridized carbons (Fsp3) is 0.667. The Hall–Kier alpha value is -1.32. The van der Waals surface area contributed by atoms with E-state index in [4.69, 9.17) is 4.74 Å². The molecule has 0 radical (unpaired) electrons. The summed E-state index contributed by atoms with van der Waals surface area (Å²) in [6.45, 7) is 7.38. The molecule has 0 saturated heterocycles. The second-order valence-electron chi connectivity index (χ2n) is 4.17. The second-order valence-corrected chi connectivity index (χ2v) is 4.17. The van der Waals surface area contributed by atoms with E-state index in [-0.39, 0.29) is 0 Å². The van der Waals surface area contributed by atoms with Crippen molar-refractivity contribution >= 4 is 5.82 Å². The van der Waals surface area contributed by atoms with E-state index in [0.717, 1.165) is 31.0 Å². The molecule has 4 heteroatoms. The summed E-state index contributed by atoms with van der Waals surface area (Å²) in [7, 11) is 1.62. The largest absolute Gasteiger partial charge is 0.481 e. The fourth-order valence-corrected chi connectivity index (χ4v) is 1.31. The average molecular weight is 223 g/mol. The van der Waals surface area contributed by atoms with Gasteiger partial charge in [0.05, 0.1) is 7.11 Å². The summed E-state index contributed by atoms with van der Waals surface area (Å²) >= 11 is 0. The van der Waals surface area contributed by atoms with E-state index < -0.39 is 0 Å². The number of methoxy groups -OCH3 is 1. The summed E-state index contributed by atoms with van der Waals surface area (Å²) < 4.78 is 5.13. The van der Waals surface area contributed by atoms with Crippen molar-refractivity contribution in [1.82, 2.24) is 9.97 Å². The number of aryl methyl sites for hydroxylation is 1. The first-order chi connectivity index (χ1) is 7.65. The lowest BCUT2D eigenvalue weighted by Crippen LogP contribution is -2.08. The third kappa shape index (κ3) is 4.04. The van der Waals surface area contributed by atoms with Gasteiger partial charge in [-0.05, 0) is 12.3 Å². The Labute approximate surface area is 97.5 Å². The van der Waals surface area contributed by atoms with Gasteiger partial charge >= 0.3 is 0 Å². The van der Waals surface area contributed by atoms with Crippen molar-refractivity contribution in [3.05, 3.63) is 11.9 Å². The second kappa shape index (κ2) is 6.30. The number of anilines is 1. The number of rotatable bonds is 6. The summed E-state index contributed by atoms with van der Waals surface area (Å²) in [5.74, 6) is 2.98. The number of aromatic nitrogens is 2. The van der Waals surface area contributed by atoms with Gasteiger partial charge < -0.3 is 10.1 Å². The zero-order valence-electron chi connectivity index (χ0n) is 10.6. The molecule has 1 heterocycles. The number of hydrogen-bond acceptors (Lipinski definition) is 4. The van der Waals surface area contributed by atoms with E-state index in [9.17, 15) is 0 Å². The third-order valence-electron chi connectivity index (χ3n) is 2.30. The van der Waals surface area contributed by atoms with Crippen molar-refractivity contribution in [2.75, 3.05) is 19.0 Å². The lowest BCUT2D eigenvalue weighted by Gasteiger charge is -2.09. The van der Waals surface area contributed by atoms with Crippen LogP contribution in [0.4, 0.5) is 5.82 Å². The smallest absolute Gasteiger partial charge is 0.218 e. The van der Waals surface area contributed by atoms with Crippen molar-refractivity contribution in [2.24, 2.45) is 5.92 Å². The molecule has 0 aromatic carbocycles. The van der Waals surface area contributed by atoms with E-state index in [1.807, 2.05) is 13.0 Å². The van der Waals surface area contributed by atoms with Crippen molar-refractivity contribution in [2.45, 2.75) is 33.6 Å². The lowest BCUT2D eigenvalue weighted by molar-refractivity contribution is 0.395. The molecule has 1 aromatic rings. The first kappa shape index (κ1) is 12.7. The van der Waals surface area contributed by atoms with E-state index in [2.05, 4.69) is 29.1 Å². The van der Waals surface area contributed by atoms with Crippen LogP contribution in [-0.4, -0.2) is 23.6 Å². The van der Waals surface area contributed by atoms with Crippen LogP contribution >= 0.6 is 0 Å². The van der Waals surface area contributed by atoms with Crippen LogP contribution in [-0.2, 0) is 6.42 Å². The van der Waals surface area contributed by atoms with Crippen LogP contribution in [0.25, 0.3) is 0 Å². The van der Waals surface area contributed by atoms with Gasteiger partial charge in [0, 0.05) is 19.0 Å². The highest BCUT2D eigenvalue weighted by Crippen LogP contribution is 2.13. The standard InChI is InChI=1S/C12H21N3O/c1-5-10-14-11(8-12(15-10)16-4)13-7-6-9(2)3/h8-9H,5-7H2,1-4H3,(H,13,14,15). The van der Waals surface area contributed by atoms with Gasteiger partial charge in [-0.3, -0.25) is 0 Å². The minimum atomic E-state index is 0.624. The summed E-state index contributed by atoms with van der Waals surface area (Å²) in [6, 6.07) is 1.83. The van der Waals surface area contributed by atoms with Gasteiger partial charge in [0.25, 0.3) is 0 Å². The van der Waals surface area contributed by atoms with Gasteiger partial charge in [0.2, 0.25) is 5.88 Å². The predicted molar refractivity (Wildman–Crippen MR) is 65.9 cm³/mol. The Morgan fingerprint density at radius 1 is 1.38 bits per heavy atom. The Kier molecular flexibility index (Phi) is 5.02. The molecule has 1 N–H and O–H groups in total. The van der Waals surface area contributed by atoms with Gasteiger partial charge in [0.15, 0.2) is 0 Å². The number of ether oxygens (including phenoxy) is 1. The molecule has 0 aliphatic rings. The summed E-state index contributed by atoms with van der Waals surface area (Å²) in [6.07, 6.45) is 1.95. The van der Waals surface area contributed by atoms with Crippen LogP contribution in [0.5, 0.6) is 5.88 Å². The first-order valence-corrected chi connectivity index (χ1v) is 5.81. The highest BCUT2D eigenvalue weighted by molar-refractivity contribution is 5.38. The molecule has 1 rings (SSSR count). The zero-order chi connectivity index (χ0) is 12.0. The van der Waals surface area contributed by atoms with Crippen molar-refractivity contribution in [3.63, 3.8) is 0 Å². The molecule has 0 unspecified atom stereocenters. The molecule has 16 heavy (non-hydrogen) atoms. The van der Waals surface area contributed by atoms with Gasteiger partial charge in [-0.1, -0.05) is 20.8 Å². The lowest BCUT2D eigenvalue weighted by atomic mass is 10.1. The highest BCUT2D eigenvalue weighted by atomic mass is 16.5. The summed E-state index contributed by atoms with van der Waals surface area (Å²) in [5, 5.41) is 3.29. The number of nitrogens with one attached hydrogen (secondary N) is 1. The Morgan fingerprint density at radius 2 is 2.12 bits per heavy atom. The highest BCUT2D eigenvalue weighted by Gasteiger charge is 2.03. The molecule has 4 nitrogen and oxygen atoms in total. The maximum atomic E-state index is 5.13. The van der Waals surface area contributed by atoms with Gasteiger partial charge in [-0.25, -0.2) is 4.98 Å². The van der Waals surface area contributed by atoms with Crippen molar-refractivity contribution in [1.29, 1.82) is 0 Å². The van der Waals surface area contributed by atoms with Gasteiger partial charge in [-0.15, -0.1) is 0 Å². The summed E-state index contributed by atoms with van der Waals surface area (Å²) in [4.78, 5) is 8.63. The topological polar surface area (TPSA) is 47.0 Å². The molecular formula is C12H21N3O. The molecule has 1 aromatic heterocycles. The van der Waals surface area contributed by atoms with Crippen LogP contribution < -0.4 is 10.1 Å². The zero-order valence-corrected chi connectivity index (χ0v) is 10.6. The van der Waals surface area contributed by atoms with E-state index in [1.165, 1.54) is 0 Å². The molecular weight excluding hydrogens is 202 g/mol. The van der Waals surface area contributed by atoms with E-state index >= 15 is 0 Å². The molecule has 0 spiro atoms. The third-order valence-corrected chi connectivity index (χ3v) is 2.30. The van der Waals surface area contributed by atoms with Crippen molar-refractivity contribution in [3.8, 4) is 5.88 Å². The maximum absolute atomic E-state index is 5.13. The van der Waals surface area contributed by atoms with Crippen LogP contribution in [0.3, 0.4) is 0 Å². The average Bonchev–Trinajstić information content (AvgIpc) is 2.28. The first-order valence-electron chi connectivity index (χ1n) is 5.81. The molecule has 90 valence electrons. The van der Waals surface area contributed by atoms with Gasteiger partial charge in [0.1, 0.15) is 11.6 Å². The normalized spacial score (nSPS) is 10.6. The Balaban J connectivity index is 2.64. The minimum Gasteiger partial charge on any atom is -0.481 e. The van der Waals surface area contributed by atoms with Crippen LogP contribution in [0.15, 0.2) is 6.07 Å². The molecule has 0 aliphatic carbocycles. The Bertz CT molecular complexity index is 304.